The Morgan fingerprint density at radius 2 is 1.77 bits per heavy atom. The molecule has 118 valence electrons. The van der Waals surface area contributed by atoms with Gasteiger partial charge in [0.25, 0.3) is 5.91 Å². The van der Waals surface area contributed by atoms with Crippen LogP contribution in [0.4, 0.5) is 4.39 Å². The second-order valence-electron chi connectivity index (χ2n) is 5.94. The average Bonchev–Trinajstić information content (AvgIpc) is 2.74. The van der Waals surface area contributed by atoms with Crippen molar-refractivity contribution in [1.82, 2.24) is 15.1 Å². The molecule has 0 aliphatic carbocycles. The van der Waals surface area contributed by atoms with Gasteiger partial charge in [0.15, 0.2) is 0 Å². The maximum Gasteiger partial charge on any atom is 0.255 e. The molecule has 0 saturated heterocycles. The van der Waals surface area contributed by atoms with Gasteiger partial charge in [0, 0.05) is 6.04 Å². The SMILES string of the molecule is Cc1nn(-c2ccc(F)cc2)c(C)c1C(=O)NC(C)C(C)C. The summed E-state index contributed by atoms with van der Waals surface area (Å²) < 4.78 is 14.7. The third-order valence-corrected chi connectivity index (χ3v) is 3.95. The lowest BCUT2D eigenvalue weighted by Gasteiger charge is -2.17. The van der Waals surface area contributed by atoms with Crippen molar-refractivity contribution < 1.29 is 9.18 Å². The zero-order chi connectivity index (χ0) is 16.4. The van der Waals surface area contributed by atoms with Crippen LogP contribution in [0.15, 0.2) is 24.3 Å². The van der Waals surface area contributed by atoms with Crippen LogP contribution >= 0.6 is 0 Å². The third kappa shape index (κ3) is 3.18. The first-order chi connectivity index (χ1) is 10.3. The molecule has 0 saturated carbocycles. The van der Waals surface area contributed by atoms with E-state index in [1.807, 2.05) is 20.8 Å². The van der Waals surface area contributed by atoms with E-state index in [9.17, 15) is 9.18 Å². The van der Waals surface area contributed by atoms with E-state index < -0.39 is 0 Å². The molecule has 0 aliphatic heterocycles. The predicted molar refractivity (Wildman–Crippen MR) is 84.8 cm³/mol. The molecular formula is C17H22FN3O. The van der Waals surface area contributed by atoms with Gasteiger partial charge in [-0.05, 0) is 51.0 Å². The maximum atomic E-state index is 13.0. The molecule has 0 bridgehead atoms. The van der Waals surface area contributed by atoms with E-state index in [-0.39, 0.29) is 17.8 Å². The molecule has 1 atom stereocenters. The van der Waals surface area contributed by atoms with Gasteiger partial charge in [-0.2, -0.15) is 5.10 Å². The van der Waals surface area contributed by atoms with Crippen LogP contribution in [0.2, 0.25) is 0 Å². The molecule has 1 N–H and O–H groups in total. The summed E-state index contributed by atoms with van der Waals surface area (Å²) in [5, 5.41) is 7.42. The quantitative estimate of drug-likeness (QED) is 0.941. The number of nitrogens with zero attached hydrogens (tertiary/aromatic N) is 2. The molecule has 22 heavy (non-hydrogen) atoms. The highest BCUT2D eigenvalue weighted by Crippen LogP contribution is 2.18. The summed E-state index contributed by atoms with van der Waals surface area (Å²) in [6, 6.07) is 6.14. The van der Waals surface area contributed by atoms with Crippen molar-refractivity contribution in [3.05, 3.63) is 47.0 Å². The van der Waals surface area contributed by atoms with Gasteiger partial charge in [-0.15, -0.1) is 0 Å². The van der Waals surface area contributed by atoms with E-state index in [0.717, 1.165) is 11.4 Å². The first-order valence-corrected chi connectivity index (χ1v) is 7.44. The molecule has 2 aromatic rings. The molecule has 2 rings (SSSR count). The summed E-state index contributed by atoms with van der Waals surface area (Å²) in [6.07, 6.45) is 0. The summed E-state index contributed by atoms with van der Waals surface area (Å²) in [7, 11) is 0. The monoisotopic (exact) mass is 303 g/mol. The fraction of sp³-hybridized carbons (Fsp3) is 0.412. The van der Waals surface area contributed by atoms with Gasteiger partial charge in [-0.1, -0.05) is 13.8 Å². The van der Waals surface area contributed by atoms with E-state index in [1.165, 1.54) is 12.1 Å². The molecule has 0 aliphatic rings. The van der Waals surface area contributed by atoms with E-state index in [2.05, 4.69) is 24.3 Å². The molecule has 5 heteroatoms. The number of amides is 1. The number of carbonyl (C=O) groups is 1. The summed E-state index contributed by atoms with van der Waals surface area (Å²) in [4.78, 5) is 12.5. The Labute approximate surface area is 130 Å². The minimum absolute atomic E-state index is 0.0838. The van der Waals surface area contributed by atoms with Crippen LogP contribution in [0.25, 0.3) is 5.69 Å². The molecule has 1 aromatic carbocycles. The van der Waals surface area contributed by atoms with Gasteiger partial charge >= 0.3 is 0 Å². The number of hydrogen-bond donors (Lipinski definition) is 1. The van der Waals surface area contributed by atoms with Crippen LogP contribution in [0.1, 0.15) is 42.5 Å². The normalized spacial score (nSPS) is 12.5. The second-order valence-corrected chi connectivity index (χ2v) is 5.94. The lowest BCUT2D eigenvalue weighted by atomic mass is 10.1. The van der Waals surface area contributed by atoms with Crippen molar-refractivity contribution in [3.8, 4) is 5.69 Å². The topological polar surface area (TPSA) is 46.9 Å². The van der Waals surface area contributed by atoms with E-state index in [4.69, 9.17) is 0 Å². The van der Waals surface area contributed by atoms with Gasteiger partial charge in [0.05, 0.1) is 22.6 Å². The van der Waals surface area contributed by atoms with Crippen molar-refractivity contribution in [3.63, 3.8) is 0 Å². The number of aryl methyl sites for hydroxylation is 1. The largest absolute Gasteiger partial charge is 0.349 e. The van der Waals surface area contributed by atoms with Gasteiger partial charge < -0.3 is 5.32 Å². The third-order valence-electron chi connectivity index (χ3n) is 3.95. The lowest BCUT2D eigenvalue weighted by Crippen LogP contribution is -2.36. The molecule has 1 aromatic heterocycles. The van der Waals surface area contributed by atoms with Crippen molar-refractivity contribution in [1.29, 1.82) is 0 Å². The van der Waals surface area contributed by atoms with E-state index in [1.54, 1.807) is 16.8 Å². The van der Waals surface area contributed by atoms with Gasteiger partial charge in [0.2, 0.25) is 0 Å². The summed E-state index contributed by atoms with van der Waals surface area (Å²) in [5.74, 6) is -0.0599. The van der Waals surface area contributed by atoms with Crippen LogP contribution in [-0.2, 0) is 0 Å². The number of hydrogen-bond acceptors (Lipinski definition) is 2. The molecule has 0 spiro atoms. The highest BCUT2D eigenvalue weighted by Gasteiger charge is 2.21. The Balaban J connectivity index is 2.35. The standard InChI is InChI=1S/C17H22FN3O/c1-10(2)11(3)19-17(22)16-12(4)20-21(13(16)5)15-8-6-14(18)7-9-15/h6-11H,1-5H3,(H,19,22). The van der Waals surface area contributed by atoms with Crippen LogP contribution in [0.3, 0.4) is 0 Å². The molecule has 0 radical (unpaired) electrons. The first-order valence-electron chi connectivity index (χ1n) is 7.44. The fourth-order valence-electron chi connectivity index (χ4n) is 2.25. The highest BCUT2D eigenvalue weighted by molar-refractivity contribution is 5.96. The molecule has 4 nitrogen and oxygen atoms in total. The maximum absolute atomic E-state index is 13.0. The second kappa shape index (κ2) is 6.30. The minimum atomic E-state index is -0.297. The highest BCUT2D eigenvalue weighted by atomic mass is 19.1. The number of aromatic nitrogens is 2. The summed E-state index contributed by atoms with van der Waals surface area (Å²) in [5.41, 5.74) is 2.72. The van der Waals surface area contributed by atoms with Crippen LogP contribution < -0.4 is 5.32 Å². The molecule has 1 amide bonds. The van der Waals surface area contributed by atoms with Crippen molar-refractivity contribution >= 4 is 5.91 Å². The van der Waals surface area contributed by atoms with Gasteiger partial charge in [0.1, 0.15) is 5.82 Å². The Bertz CT molecular complexity index is 674. The Morgan fingerprint density at radius 1 is 1.18 bits per heavy atom. The number of halogens is 1. The number of nitrogens with one attached hydrogen (secondary N) is 1. The van der Waals surface area contributed by atoms with Crippen LogP contribution in [0, 0.1) is 25.6 Å². The lowest BCUT2D eigenvalue weighted by molar-refractivity contribution is 0.0929. The zero-order valence-electron chi connectivity index (χ0n) is 13.6. The Hall–Kier alpha value is -2.17. The smallest absolute Gasteiger partial charge is 0.255 e. The molecule has 1 heterocycles. The fourth-order valence-corrected chi connectivity index (χ4v) is 2.25. The number of benzene rings is 1. The van der Waals surface area contributed by atoms with Gasteiger partial charge in [-0.3, -0.25) is 4.79 Å². The average molecular weight is 303 g/mol. The molecule has 0 fully saturated rings. The first kappa shape index (κ1) is 16.2. The predicted octanol–water partition coefficient (Wildman–Crippen LogP) is 3.40. The van der Waals surface area contributed by atoms with Crippen molar-refractivity contribution in [2.45, 2.75) is 40.7 Å². The number of carbonyl (C=O) groups excluding carboxylic acids is 1. The van der Waals surface area contributed by atoms with Gasteiger partial charge in [-0.25, -0.2) is 9.07 Å². The minimum Gasteiger partial charge on any atom is -0.349 e. The molecular weight excluding hydrogens is 281 g/mol. The Morgan fingerprint density at radius 3 is 2.32 bits per heavy atom. The van der Waals surface area contributed by atoms with E-state index >= 15 is 0 Å². The van der Waals surface area contributed by atoms with Crippen LogP contribution in [-0.4, -0.2) is 21.7 Å². The van der Waals surface area contributed by atoms with Crippen molar-refractivity contribution in [2.24, 2.45) is 5.92 Å². The molecule has 1 unspecified atom stereocenters. The zero-order valence-corrected chi connectivity index (χ0v) is 13.6. The summed E-state index contributed by atoms with van der Waals surface area (Å²) in [6.45, 7) is 9.76. The summed E-state index contributed by atoms with van der Waals surface area (Å²) >= 11 is 0. The Kier molecular flexibility index (Phi) is 4.64. The van der Waals surface area contributed by atoms with E-state index in [0.29, 0.717) is 17.2 Å². The van der Waals surface area contributed by atoms with Crippen LogP contribution in [0.5, 0.6) is 0 Å². The number of rotatable bonds is 4. The van der Waals surface area contributed by atoms with Crippen molar-refractivity contribution in [2.75, 3.05) is 0 Å².